The second-order valence-electron chi connectivity index (χ2n) is 4.81. The zero-order valence-electron chi connectivity index (χ0n) is 11.7. The van der Waals surface area contributed by atoms with Gasteiger partial charge in [0.1, 0.15) is 5.75 Å². The predicted octanol–water partition coefficient (Wildman–Crippen LogP) is 3.22. The number of ether oxygens (including phenoxy) is 1. The highest BCUT2D eigenvalue weighted by atomic mass is 16.5. The first kappa shape index (κ1) is 14.1. The molecule has 2 aromatic carbocycles. The summed E-state index contributed by atoms with van der Waals surface area (Å²) in [7, 11) is 1.61. The molecule has 2 aromatic rings. The van der Waals surface area contributed by atoms with Crippen LogP contribution in [-0.2, 0) is 17.6 Å². The molecule has 0 saturated heterocycles. The van der Waals surface area contributed by atoms with Crippen LogP contribution < -0.4 is 4.74 Å². The normalized spacial score (nSPS) is 10.3. The highest BCUT2D eigenvalue weighted by molar-refractivity contribution is 5.71. The van der Waals surface area contributed by atoms with Crippen LogP contribution in [0.4, 0.5) is 0 Å². The van der Waals surface area contributed by atoms with Crippen molar-refractivity contribution in [1.82, 2.24) is 0 Å². The van der Waals surface area contributed by atoms with Crippen molar-refractivity contribution in [2.75, 3.05) is 7.11 Å². The third-order valence-electron chi connectivity index (χ3n) is 3.40. The summed E-state index contributed by atoms with van der Waals surface area (Å²) >= 11 is 0. The molecule has 0 amide bonds. The Balaban J connectivity index is 2.37. The third kappa shape index (κ3) is 3.38. The van der Waals surface area contributed by atoms with E-state index in [1.165, 1.54) is 11.1 Å². The zero-order valence-corrected chi connectivity index (χ0v) is 11.7. The summed E-state index contributed by atoms with van der Waals surface area (Å²) in [6, 6.07) is 13.7. The molecular weight excluding hydrogens is 252 g/mol. The Morgan fingerprint density at radius 1 is 1.10 bits per heavy atom. The number of hydrogen-bond donors (Lipinski definition) is 1. The topological polar surface area (TPSA) is 46.5 Å². The first-order valence-corrected chi connectivity index (χ1v) is 6.52. The van der Waals surface area contributed by atoms with Gasteiger partial charge in [-0.05, 0) is 47.7 Å². The molecule has 0 bridgehead atoms. The Hall–Kier alpha value is -2.29. The van der Waals surface area contributed by atoms with Crippen LogP contribution in [0, 0.1) is 6.92 Å². The van der Waals surface area contributed by atoms with Gasteiger partial charge in [-0.15, -0.1) is 0 Å². The summed E-state index contributed by atoms with van der Waals surface area (Å²) in [6.07, 6.45) is 0.748. The second-order valence-corrected chi connectivity index (χ2v) is 4.81. The molecule has 0 fully saturated rings. The quantitative estimate of drug-likeness (QED) is 0.907. The smallest absolute Gasteiger partial charge is 0.307 e. The average Bonchev–Trinajstić information content (AvgIpc) is 2.42. The van der Waals surface area contributed by atoms with Crippen molar-refractivity contribution in [3.8, 4) is 5.75 Å². The Kier molecular flexibility index (Phi) is 4.41. The summed E-state index contributed by atoms with van der Waals surface area (Å²) in [5.74, 6) is -0.0658. The van der Waals surface area contributed by atoms with E-state index in [1.54, 1.807) is 13.2 Å². The summed E-state index contributed by atoms with van der Waals surface area (Å²) in [5.41, 5.74) is 4.24. The molecule has 1 N–H and O–H groups in total. The minimum absolute atomic E-state index is 0.0329. The van der Waals surface area contributed by atoms with E-state index in [4.69, 9.17) is 9.84 Å². The van der Waals surface area contributed by atoms with Gasteiger partial charge >= 0.3 is 5.97 Å². The number of aryl methyl sites for hydroxylation is 1. The van der Waals surface area contributed by atoms with E-state index in [9.17, 15) is 4.79 Å². The molecule has 3 nitrogen and oxygen atoms in total. The monoisotopic (exact) mass is 270 g/mol. The van der Waals surface area contributed by atoms with Gasteiger partial charge in [0.15, 0.2) is 0 Å². The van der Waals surface area contributed by atoms with Crippen molar-refractivity contribution in [1.29, 1.82) is 0 Å². The number of rotatable bonds is 5. The number of benzene rings is 2. The van der Waals surface area contributed by atoms with E-state index >= 15 is 0 Å². The minimum atomic E-state index is -0.818. The Morgan fingerprint density at radius 3 is 2.50 bits per heavy atom. The van der Waals surface area contributed by atoms with Gasteiger partial charge < -0.3 is 9.84 Å². The molecule has 0 heterocycles. The molecule has 0 spiro atoms. The number of carboxylic acid groups (broad SMARTS) is 1. The maximum Gasteiger partial charge on any atom is 0.307 e. The van der Waals surface area contributed by atoms with Crippen LogP contribution in [0.1, 0.15) is 22.3 Å². The van der Waals surface area contributed by atoms with Crippen molar-refractivity contribution < 1.29 is 14.6 Å². The Morgan fingerprint density at radius 2 is 1.85 bits per heavy atom. The van der Waals surface area contributed by atoms with E-state index in [-0.39, 0.29) is 6.42 Å². The maximum absolute atomic E-state index is 11.0. The zero-order chi connectivity index (χ0) is 14.5. The molecule has 3 heteroatoms. The lowest BCUT2D eigenvalue weighted by molar-refractivity contribution is -0.136. The van der Waals surface area contributed by atoms with Crippen molar-refractivity contribution in [3.05, 3.63) is 64.7 Å². The van der Waals surface area contributed by atoms with Gasteiger partial charge in [-0.3, -0.25) is 4.79 Å². The van der Waals surface area contributed by atoms with Crippen LogP contribution in [0.3, 0.4) is 0 Å². The van der Waals surface area contributed by atoms with E-state index in [0.29, 0.717) is 6.42 Å². The lowest BCUT2D eigenvalue weighted by Crippen LogP contribution is -2.05. The summed E-state index contributed by atoms with van der Waals surface area (Å²) in [5, 5.41) is 9.01. The van der Waals surface area contributed by atoms with Crippen LogP contribution >= 0.6 is 0 Å². The van der Waals surface area contributed by atoms with E-state index in [0.717, 1.165) is 16.9 Å². The standard InChI is InChI=1S/C17H18O3/c1-12-5-3-4-6-13(12)9-15-10-16(20-2)8-7-14(15)11-17(18)19/h3-8,10H,9,11H2,1-2H3,(H,18,19). The molecule has 0 saturated carbocycles. The fraction of sp³-hybridized carbons (Fsp3) is 0.235. The average molecular weight is 270 g/mol. The van der Waals surface area contributed by atoms with Gasteiger partial charge in [0.05, 0.1) is 13.5 Å². The van der Waals surface area contributed by atoms with Gasteiger partial charge in [0.25, 0.3) is 0 Å². The molecule has 0 aliphatic carbocycles. The fourth-order valence-electron chi connectivity index (χ4n) is 2.24. The van der Waals surface area contributed by atoms with Gasteiger partial charge in [-0.2, -0.15) is 0 Å². The van der Waals surface area contributed by atoms with Crippen molar-refractivity contribution in [2.45, 2.75) is 19.8 Å². The summed E-state index contributed by atoms with van der Waals surface area (Å²) in [4.78, 5) is 11.0. The highest BCUT2D eigenvalue weighted by Gasteiger charge is 2.10. The summed E-state index contributed by atoms with van der Waals surface area (Å²) < 4.78 is 5.24. The number of hydrogen-bond acceptors (Lipinski definition) is 2. The van der Waals surface area contributed by atoms with Gasteiger partial charge in [0, 0.05) is 0 Å². The number of carbonyl (C=O) groups is 1. The molecule has 0 unspecified atom stereocenters. The third-order valence-corrected chi connectivity index (χ3v) is 3.40. The molecular formula is C17H18O3. The number of methoxy groups -OCH3 is 1. The van der Waals surface area contributed by atoms with Crippen molar-refractivity contribution >= 4 is 5.97 Å². The van der Waals surface area contributed by atoms with Crippen LogP contribution in [-0.4, -0.2) is 18.2 Å². The van der Waals surface area contributed by atoms with Crippen molar-refractivity contribution in [2.24, 2.45) is 0 Å². The number of aliphatic carboxylic acids is 1. The highest BCUT2D eigenvalue weighted by Crippen LogP contribution is 2.22. The molecule has 0 aliphatic heterocycles. The van der Waals surface area contributed by atoms with Gasteiger partial charge in [-0.1, -0.05) is 30.3 Å². The first-order valence-electron chi connectivity index (χ1n) is 6.52. The molecule has 0 atom stereocenters. The van der Waals surface area contributed by atoms with Crippen LogP contribution in [0.15, 0.2) is 42.5 Å². The number of carboxylic acids is 1. The molecule has 0 aromatic heterocycles. The van der Waals surface area contributed by atoms with Crippen LogP contribution in [0.2, 0.25) is 0 Å². The maximum atomic E-state index is 11.0. The lowest BCUT2D eigenvalue weighted by Gasteiger charge is -2.12. The minimum Gasteiger partial charge on any atom is -0.497 e. The molecule has 0 aliphatic rings. The first-order chi connectivity index (χ1) is 9.60. The largest absolute Gasteiger partial charge is 0.497 e. The van der Waals surface area contributed by atoms with E-state index in [1.807, 2.05) is 24.3 Å². The van der Waals surface area contributed by atoms with E-state index < -0.39 is 5.97 Å². The Bertz CT molecular complexity index is 617. The molecule has 20 heavy (non-hydrogen) atoms. The molecule has 104 valence electrons. The van der Waals surface area contributed by atoms with Crippen molar-refractivity contribution in [3.63, 3.8) is 0 Å². The van der Waals surface area contributed by atoms with Gasteiger partial charge in [-0.25, -0.2) is 0 Å². The molecule has 2 rings (SSSR count). The van der Waals surface area contributed by atoms with Crippen LogP contribution in [0.25, 0.3) is 0 Å². The second kappa shape index (κ2) is 6.24. The van der Waals surface area contributed by atoms with E-state index in [2.05, 4.69) is 19.1 Å². The fourth-order valence-corrected chi connectivity index (χ4v) is 2.24. The summed E-state index contributed by atoms with van der Waals surface area (Å²) in [6.45, 7) is 2.06. The predicted molar refractivity (Wildman–Crippen MR) is 78.3 cm³/mol. The lowest BCUT2D eigenvalue weighted by atomic mass is 9.95. The van der Waals surface area contributed by atoms with Crippen LogP contribution in [0.5, 0.6) is 5.75 Å². The SMILES string of the molecule is COc1ccc(CC(=O)O)c(Cc2ccccc2C)c1. The Labute approximate surface area is 118 Å². The van der Waals surface area contributed by atoms with Gasteiger partial charge in [0.2, 0.25) is 0 Å². The molecule has 0 radical (unpaired) electrons.